The van der Waals surface area contributed by atoms with Crippen molar-refractivity contribution in [1.29, 1.82) is 0 Å². The highest BCUT2D eigenvalue weighted by Gasteiger charge is 2.57. The molecule has 3 atom stereocenters. The highest BCUT2D eigenvalue weighted by Crippen LogP contribution is 2.54. The van der Waals surface area contributed by atoms with Gasteiger partial charge in [-0.05, 0) is 54.1 Å². The largest absolute Gasteiger partial charge is 0.493 e. The highest BCUT2D eigenvalue weighted by molar-refractivity contribution is 9.10. The Labute approximate surface area is 276 Å². The number of nitrogens with one attached hydrogen (secondary N) is 1. The topological polar surface area (TPSA) is 107 Å². The molecule has 2 aliphatic heterocycles. The monoisotopic (exact) mass is 733 g/mol. The molecule has 3 heterocycles. The van der Waals surface area contributed by atoms with Gasteiger partial charge in [0, 0.05) is 15.3 Å². The molecule has 0 saturated carbocycles. The van der Waals surface area contributed by atoms with Crippen LogP contribution in [0, 0.1) is 5.92 Å². The maximum Gasteiger partial charge on any atom is 0.418 e. The van der Waals surface area contributed by atoms with Crippen molar-refractivity contribution in [2.45, 2.75) is 28.9 Å². The number of fused-ring (bicyclic) bond motifs is 2. The number of aromatic nitrogens is 1. The lowest BCUT2D eigenvalue weighted by Crippen LogP contribution is -2.33. The van der Waals surface area contributed by atoms with E-state index in [4.69, 9.17) is 9.47 Å². The average molecular weight is 735 g/mol. The first-order valence-electron chi connectivity index (χ1n) is 13.6. The third-order valence-corrected chi connectivity index (χ3v) is 10.8. The molecule has 238 valence electrons. The van der Waals surface area contributed by atoms with Crippen molar-refractivity contribution in [2.75, 3.05) is 24.4 Å². The molecular formula is C31H23BrF3N3O6S2. The molecule has 1 N–H and O–H groups in total. The summed E-state index contributed by atoms with van der Waals surface area (Å²) < 4.78 is 53.4. The molecule has 2 aliphatic rings. The number of methoxy groups -OCH3 is 2. The molecule has 3 aromatic carbocycles. The Hall–Kier alpha value is -4.08. The number of para-hydroxylation sites is 1. The molecule has 15 heteroatoms. The van der Waals surface area contributed by atoms with Gasteiger partial charge in [-0.15, -0.1) is 0 Å². The van der Waals surface area contributed by atoms with E-state index in [9.17, 15) is 32.3 Å². The summed E-state index contributed by atoms with van der Waals surface area (Å²) >= 11 is 5.17. The fraction of sp³-hybridized carbons (Fsp3) is 0.226. The van der Waals surface area contributed by atoms with Crippen LogP contribution in [0.15, 0.2) is 81.0 Å². The fourth-order valence-electron chi connectivity index (χ4n) is 5.68. The van der Waals surface area contributed by atoms with E-state index in [2.05, 4.69) is 21.2 Å². The van der Waals surface area contributed by atoms with Crippen LogP contribution in [-0.4, -0.2) is 41.8 Å². The number of alkyl halides is 3. The number of carbonyl (C=O) groups is 3. The Bertz CT molecular complexity index is 1930. The minimum Gasteiger partial charge on any atom is -0.493 e. The predicted octanol–water partition coefficient (Wildman–Crippen LogP) is 6.14. The van der Waals surface area contributed by atoms with Gasteiger partial charge in [0.05, 0.1) is 42.1 Å². The van der Waals surface area contributed by atoms with Gasteiger partial charge < -0.3 is 14.8 Å². The van der Waals surface area contributed by atoms with Gasteiger partial charge in [0.2, 0.25) is 17.7 Å². The lowest BCUT2D eigenvalue weighted by Gasteiger charge is -2.31. The van der Waals surface area contributed by atoms with Crippen LogP contribution in [0.5, 0.6) is 11.5 Å². The zero-order valence-corrected chi connectivity index (χ0v) is 27.2. The van der Waals surface area contributed by atoms with E-state index in [1.807, 2.05) is 0 Å². The number of benzene rings is 3. The van der Waals surface area contributed by atoms with Crippen LogP contribution in [0.3, 0.4) is 0 Å². The Morgan fingerprint density at radius 3 is 2.33 bits per heavy atom. The maximum atomic E-state index is 14.1. The summed E-state index contributed by atoms with van der Waals surface area (Å²) in [5.74, 6) is -2.71. The Kier molecular flexibility index (Phi) is 8.50. The summed E-state index contributed by atoms with van der Waals surface area (Å²) in [5.41, 5.74) is -0.528. The minimum absolute atomic E-state index is 0.286. The summed E-state index contributed by atoms with van der Waals surface area (Å²) in [6.45, 7) is -0.613. The Morgan fingerprint density at radius 1 is 0.957 bits per heavy atom. The molecule has 0 bridgehead atoms. The van der Waals surface area contributed by atoms with Gasteiger partial charge in [-0.3, -0.25) is 23.7 Å². The molecule has 9 nitrogen and oxygen atoms in total. The van der Waals surface area contributed by atoms with Gasteiger partial charge in [0.1, 0.15) is 11.8 Å². The molecule has 0 spiro atoms. The van der Waals surface area contributed by atoms with Crippen molar-refractivity contribution in [3.63, 3.8) is 0 Å². The third-order valence-electron chi connectivity index (χ3n) is 7.71. The first kappa shape index (κ1) is 31.9. The van der Waals surface area contributed by atoms with E-state index in [0.29, 0.717) is 27.6 Å². The molecule has 1 fully saturated rings. The van der Waals surface area contributed by atoms with E-state index < -0.39 is 63.7 Å². The molecule has 4 aromatic rings. The van der Waals surface area contributed by atoms with Crippen molar-refractivity contribution in [3.8, 4) is 11.5 Å². The molecule has 3 amide bonds. The molecule has 1 saturated heterocycles. The lowest BCUT2D eigenvalue weighted by molar-refractivity contribution is -0.137. The van der Waals surface area contributed by atoms with Crippen molar-refractivity contribution in [2.24, 2.45) is 5.92 Å². The second-order valence-corrected chi connectivity index (χ2v) is 13.4. The molecule has 6 rings (SSSR count). The number of ether oxygens (including phenoxy) is 2. The van der Waals surface area contributed by atoms with Crippen LogP contribution in [0.1, 0.15) is 21.9 Å². The number of rotatable bonds is 7. The van der Waals surface area contributed by atoms with E-state index in [1.54, 1.807) is 42.5 Å². The van der Waals surface area contributed by atoms with E-state index in [0.717, 1.165) is 49.2 Å². The Morgan fingerprint density at radius 2 is 1.65 bits per heavy atom. The van der Waals surface area contributed by atoms with Crippen molar-refractivity contribution in [1.82, 2.24) is 4.57 Å². The molecule has 0 radical (unpaired) electrons. The number of hydrogen-bond acceptors (Lipinski definition) is 8. The summed E-state index contributed by atoms with van der Waals surface area (Å²) in [5, 5.41) is 1.59. The summed E-state index contributed by atoms with van der Waals surface area (Å²) in [7, 11) is 2.93. The van der Waals surface area contributed by atoms with Crippen molar-refractivity contribution < 1.29 is 37.0 Å². The average Bonchev–Trinajstić information content (AvgIpc) is 3.47. The number of carbonyl (C=O) groups excluding carboxylic acids is 3. The lowest BCUT2D eigenvalue weighted by atomic mass is 9.83. The van der Waals surface area contributed by atoms with Crippen molar-refractivity contribution in [3.05, 3.63) is 96.9 Å². The number of anilines is 2. The minimum atomic E-state index is -4.71. The van der Waals surface area contributed by atoms with Gasteiger partial charge in [-0.2, -0.15) is 13.2 Å². The van der Waals surface area contributed by atoms with Gasteiger partial charge >= 0.3 is 11.0 Å². The Balaban J connectivity index is 1.43. The summed E-state index contributed by atoms with van der Waals surface area (Å²) in [4.78, 5) is 55.5. The maximum absolute atomic E-state index is 14.1. The molecule has 3 unspecified atom stereocenters. The number of nitrogens with zero attached hydrogens (tertiary/aromatic N) is 2. The zero-order valence-electron chi connectivity index (χ0n) is 24.0. The van der Waals surface area contributed by atoms with Gasteiger partial charge in [0.15, 0.2) is 11.5 Å². The molecular weight excluding hydrogens is 711 g/mol. The first-order valence-corrected chi connectivity index (χ1v) is 16.1. The predicted molar refractivity (Wildman–Crippen MR) is 170 cm³/mol. The van der Waals surface area contributed by atoms with Gasteiger partial charge in [0.25, 0.3) is 0 Å². The number of amides is 3. The second-order valence-electron chi connectivity index (χ2n) is 10.4. The zero-order chi connectivity index (χ0) is 32.9. The second kappa shape index (κ2) is 12.3. The molecule has 0 aliphatic carbocycles. The standard InChI is InChI=1S/C31H23BrF3N3O6S2/c1-43-20-12-7-15(13-21(20)44-2)23-24-25(28(41)38(27(24)40)17-10-8-16(32)9-11-17)45-29-26(23)46-30(42)37(29)14-22(39)36-19-6-4-3-5-18(19)31(33,34)35/h3-13,23-25H,14H2,1-2H3,(H,36,39). The quantitative estimate of drug-likeness (QED) is 0.228. The molecule has 1 aromatic heterocycles. The number of halogens is 4. The van der Waals surface area contributed by atoms with Crippen LogP contribution in [0.2, 0.25) is 0 Å². The normalized spacial score (nSPS) is 19.1. The SMILES string of the molecule is COc1ccc(C2c3sc(=O)n(CC(=O)Nc4ccccc4C(F)(F)F)c3SC3C(=O)N(c4ccc(Br)cc4)C(=O)C32)cc1OC. The van der Waals surface area contributed by atoms with E-state index >= 15 is 0 Å². The summed E-state index contributed by atoms with van der Waals surface area (Å²) in [6.07, 6.45) is -4.71. The number of hydrogen-bond donors (Lipinski definition) is 1. The highest BCUT2D eigenvalue weighted by atomic mass is 79.9. The number of thioether (sulfide) groups is 1. The summed E-state index contributed by atoms with van der Waals surface area (Å²) in [6, 6.07) is 16.3. The fourth-order valence-corrected chi connectivity index (χ4v) is 8.72. The van der Waals surface area contributed by atoms with E-state index in [-0.39, 0.29) is 5.03 Å². The number of thiazole rings is 1. The smallest absolute Gasteiger partial charge is 0.418 e. The molecule has 46 heavy (non-hydrogen) atoms. The van der Waals surface area contributed by atoms with Crippen LogP contribution in [0.25, 0.3) is 0 Å². The van der Waals surface area contributed by atoms with Gasteiger partial charge in [-0.1, -0.05) is 57.2 Å². The first-order chi connectivity index (χ1) is 21.9. The van der Waals surface area contributed by atoms with Gasteiger partial charge in [-0.25, -0.2) is 4.90 Å². The van der Waals surface area contributed by atoms with Crippen LogP contribution < -0.4 is 24.6 Å². The van der Waals surface area contributed by atoms with E-state index in [1.165, 1.54) is 26.4 Å². The third kappa shape index (κ3) is 5.60. The van der Waals surface area contributed by atoms with Crippen LogP contribution in [0.4, 0.5) is 24.5 Å². The number of imide groups is 1. The van der Waals surface area contributed by atoms with Crippen LogP contribution >= 0.6 is 39.0 Å². The van der Waals surface area contributed by atoms with Crippen LogP contribution in [-0.2, 0) is 27.1 Å². The van der Waals surface area contributed by atoms with Crippen molar-refractivity contribution >= 4 is 68.1 Å².